The zero-order valence-corrected chi connectivity index (χ0v) is 18.2. The quantitative estimate of drug-likeness (QED) is 0.415. The highest BCUT2D eigenvalue weighted by Crippen LogP contribution is 2.32. The van der Waals surface area contributed by atoms with Crippen molar-refractivity contribution in [2.24, 2.45) is 5.92 Å². The van der Waals surface area contributed by atoms with Crippen LogP contribution < -0.4 is 5.32 Å². The Balaban J connectivity index is 1.55. The molecule has 1 aromatic heterocycles. The summed E-state index contributed by atoms with van der Waals surface area (Å²) in [7, 11) is 0. The van der Waals surface area contributed by atoms with Gasteiger partial charge in [0.2, 0.25) is 0 Å². The molecule has 1 amide bonds. The molecule has 1 aliphatic rings. The molecule has 0 saturated carbocycles. The zero-order chi connectivity index (χ0) is 20.4. The van der Waals surface area contributed by atoms with Crippen molar-refractivity contribution < 1.29 is 14.3 Å². The van der Waals surface area contributed by atoms with E-state index in [4.69, 9.17) is 9.72 Å². The van der Waals surface area contributed by atoms with Crippen molar-refractivity contribution >= 4 is 51.1 Å². The second kappa shape index (κ2) is 8.49. The molecule has 1 atom stereocenters. The van der Waals surface area contributed by atoms with Gasteiger partial charge in [0.1, 0.15) is 0 Å². The minimum absolute atomic E-state index is 0.328. The fraction of sp³-hybridized carbons (Fsp3) is 0.261. The van der Waals surface area contributed by atoms with Crippen molar-refractivity contribution in [2.75, 3.05) is 11.9 Å². The van der Waals surface area contributed by atoms with E-state index in [1.165, 1.54) is 0 Å². The number of aryl methyl sites for hydroxylation is 1. The van der Waals surface area contributed by atoms with Crippen LogP contribution in [0.1, 0.15) is 35.0 Å². The molecule has 6 heteroatoms. The second-order valence-corrected chi connectivity index (χ2v) is 8.65. The summed E-state index contributed by atoms with van der Waals surface area (Å²) in [5, 5.41) is 3.53. The van der Waals surface area contributed by atoms with Crippen molar-refractivity contribution in [3.63, 3.8) is 0 Å². The van der Waals surface area contributed by atoms with E-state index in [0.29, 0.717) is 17.2 Å². The average Bonchev–Trinajstić information content (AvgIpc) is 2.72. The van der Waals surface area contributed by atoms with E-state index < -0.39 is 5.97 Å². The number of halogens is 1. The number of hydrogen-bond donors (Lipinski definition) is 1. The van der Waals surface area contributed by atoms with Crippen LogP contribution in [0.15, 0.2) is 48.5 Å². The van der Waals surface area contributed by atoms with Crippen molar-refractivity contribution in [3.05, 3.63) is 68.9 Å². The Kier molecular flexibility index (Phi) is 5.80. The maximum atomic E-state index is 13.0. The molecule has 1 aliphatic carbocycles. The van der Waals surface area contributed by atoms with Gasteiger partial charge in [-0.2, -0.15) is 0 Å². The van der Waals surface area contributed by atoms with Crippen LogP contribution >= 0.6 is 22.6 Å². The summed E-state index contributed by atoms with van der Waals surface area (Å²) >= 11 is 2.20. The summed E-state index contributed by atoms with van der Waals surface area (Å²) in [6.45, 7) is 1.85. The van der Waals surface area contributed by atoms with Gasteiger partial charge in [-0.05, 0) is 83.7 Å². The lowest BCUT2D eigenvalue weighted by atomic mass is 9.84. The molecule has 0 saturated heterocycles. The molecule has 0 aliphatic heterocycles. The molecule has 2 aromatic carbocycles. The maximum absolute atomic E-state index is 13.0. The molecule has 148 valence electrons. The number of benzene rings is 2. The number of carbonyl (C=O) groups is 2. The second-order valence-electron chi connectivity index (χ2n) is 7.41. The van der Waals surface area contributed by atoms with E-state index >= 15 is 0 Å². The molecule has 0 radical (unpaired) electrons. The first kappa shape index (κ1) is 19.8. The largest absolute Gasteiger partial charge is 0.452 e. The first-order valence-corrected chi connectivity index (χ1v) is 10.7. The summed E-state index contributed by atoms with van der Waals surface area (Å²) in [6.07, 6.45) is 2.71. The maximum Gasteiger partial charge on any atom is 0.339 e. The monoisotopic (exact) mass is 500 g/mol. The summed E-state index contributed by atoms with van der Waals surface area (Å²) in [5.41, 5.74) is 3.95. The number of fused-ring (bicyclic) bond motifs is 2. The van der Waals surface area contributed by atoms with Gasteiger partial charge in [-0.1, -0.05) is 25.1 Å². The van der Waals surface area contributed by atoms with E-state index in [-0.39, 0.29) is 12.5 Å². The van der Waals surface area contributed by atoms with Gasteiger partial charge >= 0.3 is 5.97 Å². The van der Waals surface area contributed by atoms with Gasteiger partial charge in [0.25, 0.3) is 5.91 Å². The Bertz CT molecular complexity index is 1080. The Morgan fingerprint density at radius 3 is 2.72 bits per heavy atom. The average molecular weight is 500 g/mol. The van der Waals surface area contributed by atoms with Crippen molar-refractivity contribution in [1.29, 1.82) is 0 Å². The Morgan fingerprint density at radius 1 is 1.17 bits per heavy atom. The van der Waals surface area contributed by atoms with Crippen molar-refractivity contribution in [3.8, 4) is 0 Å². The highest BCUT2D eigenvalue weighted by atomic mass is 127. The van der Waals surface area contributed by atoms with Gasteiger partial charge in [0.15, 0.2) is 6.61 Å². The highest BCUT2D eigenvalue weighted by Gasteiger charge is 2.26. The Morgan fingerprint density at radius 2 is 1.93 bits per heavy atom. The van der Waals surface area contributed by atoms with Gasteiger partial charge in [-0.15, -0.1) is 0 Å². The summed E-state index contributed by atoms with van der Waals surface area (Å²) in [4.78, 5) is 30.0. The van der Waals surface area contributed by atoms with E-state index in [2.05, 4.69) is 34.8 Å². The molecule has 0 spiro atoms. The van der Waals surface area contributed by atoms with Gasteiger partial charge in [0, 0.05) is 20.3 Å². The van der Waals surface area contributed by atoms with Gasteiger partial charge in [0.05, 0.1) is 11.1 Å². The Labute approximate surface area is 183 Å². The summed E-state index contributed by atoms with van der Waals surface area (Å²) in [6, 6.07) is 15.0. The molecule has 0 fully saturated rings. The molecule has 5 nitrogen and oxygen atoms in total. The minimum Gasteiger partial charge on any atom is -0.452 e. The van der Waals surface area contributed by atoms with Crippen LogP contribution in [-0.2, 0) is 22.4 Å². The van der Waals surface area contributed by atoms with Crippen LogP contribution in [0.3, 0.4) is 0 Å². The van der Waals surface area contributed by atoms with Crippen LogP contribution in [0.25, 0.3) is 10.9 Å². The number of para-hydroxylation sites is 1. The lowest BCUT2D eigenvalue weighted by Gasteiger charge is -2.24. The fourth-order valence-electron chi connectivity index (χ4n) is 3.73. The van der Waals surface area contributed by atoms with Crippen LogP contribution in [0, 0.1) is 9.49 Å². The summed E-state index contributed by atoms with van der Waals surface area (Å²) in [5.74, 6) is -0.340. The lowest BCUT2D eigenvalue weighted by Crippen LogP contribution is -2.23. The minimum atomic E-state index is -0.466. The van der Waals surface area contributed by atoms with Crippen molar-refractivity contribution in [2.45, 2.75) is 26.2 Å². The highest BCUT2D eigenvalue weighted by molar-refractivity contribution is 14.1. The molecule has 0 bridgehead atoms. The van der Waals surface area contributed by atoms with Gasteiger partial charge < -0.3 is 10.1 Å². The number of esters is 1. The molecule has 1 unspecified atom stereocenters. The molecular formula is C23H21IN2O3. The standard InChI is InChI=1S/C23H21IN2O3/c1-14-6-11-20-18(12-14)22(17-4-2-3-5-19(17)26-20)23(28)29-13-21(27)25-16-9-7-15(24)8-10-16/h2-5,7-10,14H,6,11-13H2,1H3,(H,25,27). The molecule has 29 heavy (non-hydrogen) atoms. The molecule has 1 heterocycles. The lowest BCUT2D eigenvalue weighted by molar-refractivity contribution is -0.119. The molecule has 3 aromatic rings. The van der Waals surface area contributed by atoms with Gasteiger partial charge in [-0.3, -0.25) is 9.78 Å². The zero-order valence-electron chi connectivity index (χ0n) is 16.1. The predicted octanol–water partition coefficient (Wildman–Crippen LogP) is 4.76. The van der Waals surface area contributed by atoms with Gasteiger partial charge in [-0.25, -0.2) is 4.79 Å². The number of amides is 1. The first-order valence-electron chi connectivity index (χ1n) is 9.64. The summed E-state index contributed by atoms with van der Waals surface area (Å²) < 4.78 is 6.49. The topological polar surface area (TPSA) is 68.3 Å². The number of carbonyl (C=O) groups excluding carboxylic acids is 2. The molecular weight excluding hydrogens is 479 g/mol. The molecule has 1 N–H and O–H groups in total. The normalized spacial score (nSPS) is 15.6. The number of rotatable bonds is 4. The SMILES string of the molecule is CC1CCc2nc3ccccc3c(C(=O)OCC(=O)Nc3ccc(I)cc3)c2C1. The van der Waals surface area contributed by atoms with Crippen LogP contribution in [-0.4, -0.2) is 23.5 Å². The number of nitrogens with one attached hydrogen (secondary N) is 1. The van der Waals surface area contributed by atoms with Crippen molar-refractivity contribution in [1.82, 2.24) is 4.98 Å². The first-order chi connectivity index (χ1) is 14.0. The van der Waals surface area contributed by atoms with E-state index in [0.717, 1.165) is 45.0 Å². The number of anilines is 1. The van der Waals surface area contributed by atoms with E-state index in [9.17, 15) is 9.59 Å². The third-order valence-corrected chi connectivity index (χ3v) is 5.89. The number of aromatic nitrogens is 1. The number of hydrogen-bond acceptors (Lipinski definition) is 4. The van der Waals surface area contributed by atoms with Crippen LogP contribution in [0.5, 0.6) is 0 Å². The number of pyridine rings is 1. The van der Waals surface area contributed by atoms with Crippen LogP contribution in [0.2, 0.25) is 0 Å². The van der Waals surface area contributed by atoms with Crippen LogP contribution in [0.4, 0.5) is 5.69 Å². The van der Waals surface area contributed by atoms with E-state index in [1.807, 2.05) is 48.5 Å². The smallest absolute Gasteiger partial charge is 0.339 e. The fourth-order valence-corrected chi connectivity index (χ4v) is 4.09. The number of nitrogens with zero attached hydrogens (tertiary/aromatic N) is 1. The predicted molar refractivity (Wildman–Crippen MR) is 121 cm³/mol. The molecule has 4 rings (SSSR count). The van der Waals surface area contributed by atoms with E-state index in [1.54, 1.807) is 0 Å². The Hall–Kier alpha value is -2.48. The third kappa shape index (κ3) is 4.42. The third-order valence-electron chi connectivity index (χ3n) is 5.17. The number of ether oxygens (including phenoxy) is 1.